The quantitative estimate of drug-likeness (QED) is 0.725. The van der Waals surface area contributed by atoms with E-state index in [4.69, 9.17) is 0 Å². The summed E-state index contributed by atoms with van der Waals surface area (Å²) in [6, 6.07) is 6.30. The Bertz CT molecular complexity index is 648. The van der Waals surface area contributed by atoms with Crippen molar-refractivity contribution >= 4 is 23.3 Å². The number of hydrogen-bond donors (Lipinski definition) is 2. The Balaban J connectivity index is 2.05. The number of nitrogens with one attached hydrogen (secondary N) is 2. The Kier molecular flexibility index (Phi) is 7.37. The van der Waals surface area contributed by atoms with Gasteiger partial charge in [-0.15, -0.1) is 0 Å². The Labute approximate surface area is 155 Å². The molecule has 0 heterocycles. The van der Waals surface area contributed by atoms with Crippen LogP contribution in [0.5, 0.6) is 0 Å². The Morgan fingerprint density at radius 1 is 1.12 bits per heavy atom. The van der Waals surface area contributed by atoms with Crippen molar-refractivity contribution in [2.45, 2.75) is 65.3 Å². The van der Waals surface area contributed by atoms with Gasteiger partial charge in [-0.25, -0.2) is 0 Å². The van der Waals surface area contributed by atoms with Crippen molar-refractivity contribution in [3.63, 3.8) is 0 Å². The molecule has 1 aromatic rings. The van der Waals surface area contributed by atoms with Gasteiger partial charge >= 0.3 is 0 Å². The summed E-state index contributed by atoms with van der Waals surface area (Å²) in [7, 11) is 0. The van der Waals surface area contributed by atoms with E-state index in [9.17, 15) is 14.4 Å². The summed E-state index contributed by atoms with van der Waals surface area (Å²) in [5.74, 6) is 0.00481. The molecule has 0 bridgehead atoms. The molecule has 1 saturated carbocycles. The number of anilines is 1. The van der Waals surface area contributed by atoms with E-state index in [1.807, 2.05) is 13.8 Å². The number of carbonyl (C=O) groups excluding carboxylic acids is 3. The average Bonchev–Trinajstić information content (AvgIpc) is 2.61. The summed E-state index contributed by atoms with van der Waals surface area (Å²) in [6.45, 7) is 5.56. The van der Waals surface area contributed by atoms with Crippen molar-refractivity contribution in [3.8, 4) is 0 Å². The van der Waals surface area contributed by atoms with E-state index in [-0.39, 0.29) is 29.4 Å². The van der Waals surface area contributed by atoms with E-state index < -0.39 is 6.04 Å². The number of carbonyl (C=O) groups is 3. The zero-order valence-corrected chi connectivity index (χ0v) is 16.0. The van der Waals surface area contributed by atoms with Gasteiger partial charge in [-0.1, -0.05) is 45.2 Å². The van der Waals surface area contributed by atoms with Crippen LogP contribution in [0.3, 0.4) is 0 Å². The number of amides is 2. The third-order valence-electron chi connectivity index (χ3n) is 4.85. The molecule has 0 saturated heterocycles. The van der Waals surface area contributed by atoms with Crippen LogP contribution in [0.2, 0.25) is 0 Å². The van der Waals surface area contributed by atoms with Gasteiger partial charge in [0.15, 0.2) is 5.78 Å². The van der Waals surface area contributed by atoms with Crippen molar-refractivity contribution in [1.29, 1.82) is 0 Å². The van der Waals surface area contributed by atoms with Crippen molar-refractivity contribution in [1.82, 2.24) is 5.32 Å². The predicted octanol–water partition coefficient (Wildman–Crippen LogP) is 3.94. The van der Waals surface area contributed by atoms with E-state index in [1.165, 1.54) is 13.3 Å². The molecule has 2 rings (SSSR count). The molecular formula is C21H30N2O3. The monoisotopic (exact) mass is 358 g/mol. The van der Waals surface area contributed by atoms with E-state index in [1.54, 1.807) is 24.3 Å². The van der Waals surface area contributed by atoms with Crippen LogP contribution in [0.15, 0.2) is 24.3 Å². The predicted molar refractivity (Wildman–Crippen MR) is 103 cm³/mol. The van der Waals surface area contributed by atoms with Crippen LogP contribution in [0.25, 0.3) is 0 Å². The van der Waals surface area contributed by atoms with Gasteiger partial charge < -0.3 is 10.6 Å². The summed E-state index contributed by atoms with van der Waals surface area (Å²) in [6.07, 6.45) is 5.74. The minimum atomic E-state index is -0.564. The van der Waals surface area contributed by atoms with Crippen molar-refractivity contribution in [3.05, 3.63) is 29.8 Å². The smallest absolute Gasteiger partial charge is 0.246 e. The molecular weight excluding hydrogens is 328 g/mol. The standard InChI is InChI=1S/C21H30N2O3/c1-14(2)12-19(23-20(25)16-8-5-4-6-9-16)21(26)22-18-11-7-10-17(13-18)15(3)24/h7,10-11,13-14,16,19H,4-6,8-9,12H2,1-3H3,(H,22,26)(H,23,25)/t19-/m1/s1. The Morgan fingerprint density at radius 3 is 2.42 bits per heavy atom. The number of benzene rings is 1. The number of rotatable bonds is 7. The molecule has 2 N–H and O–H groups in total. The van der Waals surface area contributed by atoms with Gasteiger partial charge in [0.2, 0.25) is 11.8 Å². The van der Waals surface area contributed by atoms with Gasteiger partial charge in [-0.2, -0.15) is 0 Å². The zero-order valence-electron chi connectivity index (χ0n) is 16.0. The number of Topliss-reactive ketones (excluding diaryl/α,β-unsaturated/α-hetero) is 1. The maximum atomic E-state index is 12.7. The lowest BCUT2D eigenvalue weighted by Crippen LogP contribution is -2.47. The third kappa shape index (κ3) is 5.97. The van der Waals surface area contributed by atoms with Gasteiger partial charge in [-0.3, -0.25) is 14.4 Å². The maximum absolute atomic E-state index is 12.7. The van der Waals surface area contributed by atoms with E-state index >= 15 is 0 Å². The zero-order chi connectivity index (χ0) is 19.1. The van der Waals surface area contributed by atoms with Crippen LogP contribution in [-0.4, -0.2) is 23.6 Å². The molecule has 1 aliphatic carbocycles. The van der Waals surface area contributed by atoms with Crippen molar-refractivity contribution < 1.29 is 14.4 Å². The minimum Gasteiger partial charge on any atom is -0.344 e. The van der Waals surface area contributed by atoms with Crippen LogP contribution >= 0.6 is 0 Å². The highest BCUT2D eigenvalue weighted by atomic mass is 16.2. The molecule has 1 aliphatic rings. The number of hydrogen-bond acceptors (Lipinski definition) is 3. The molecule has 1 aromatic carbocycles. The minimum absolute atomic E-state index is 0.0111. The molecule has 1 atom stereocenters. The first-order valence-corrected chi connectivity index (χ1v) is 9.59. The molecule has 0 aliphatic heterocycles. The third-order valence-corrected chi connectivity index (χ3v) is 4.85. The molecule has 26 heavy (non-hydrogen) atoms. The molecule has 1 fully saturated rings. The van der Waals surface area contributed by atoms with Crippen LogP contribution < -0.4 is 10.6 Å². The van der Waals surface area contributed by atoms with Gasteiger partial charge in [0.05, 0.1) is 0 Å². The van der Waals surface area contributed by atoms with E-state index in [0.717, 1.165) is 25.7 Å². The second-order valence-electron chi connectivity index (χ2n) is 7.65. The lowest BCUT2D eigenvalue weighted by atomic mass is 9.88. The molecule has 5 nitrogen and oxygen atoms in total. The lowest BCUT2D eigenvalue weighted by Gasteiger charge is -2.25. The first-order valence-electron chi connectivity index (χ1n) is 9.59. The Hall–Kier alpha value is -2.17. The highest BCUT2D eigenvalue weighted by Crippen LogP contribution is 2.24. The topological polar surface area (TPSA) is 75.3 Å². The molecule has 142 valence electrons. The van der Waals surface area contributed by atoms with E-state index in [0.29, 0.717) is 17.7 Å². The van der Waals surface area contributed by atoms with Crippen molar-refractivity contribution in [2.75, 3.05) is 5.32 Å². The van der Waals surface area contributed by atoms with Gasteiger partial charge in [0.1, 0.15) is 6.04 Å². The molecule has 0 aromatic heterocycles. The highest BCUT2D eigenvalue weighted by molar-refractivity contribution is 5.99. The van der Waals surface area contributed by atoms with E-state index in [2.05, 4.69) is 10.6 Å². The largest absolute Gasteiger partial charge is 0.344 e. The first-order chi connectivity index (χ1) is 12.4. The fraction of sp³-hybridized carbons (Fsp3) is 0.571. The van der Waals surface area contributed by atoms with Crippen LogP contribution in [-0.2, 0) is 9.59 Å². The van der Waals surface area contributed by atoms with Crippen LogP contribution in [0.1, 0.15) is 69.7 Å². The average molecular weight is 358 g/mol. The van der Waals surface area contributed by atoms with Crippen LogP contribution in [0, 0.1) is 11.8 Å². The molecule has 0 unspecified atom stereocenters. The molecule has 0 spiro atoms. The lowest BCUT2D eigenvalue weighted by molar-refractivity contribution is -0.130. The summed E-state index contributed by atoms with van der Waals surface area (Å²) in [5, 5.41) is 5.80. The summed E-state index contributed by atoms with van der Waals surface area (Å²) in [4.78, 5) is 36.8. The Morgan fingerprint density at radius 2 is 1.81 bits per heavy atom. The van der Waals surface area contributed by atoms with Crippen LogP contribution in [0.4, 0.5) is 5.69 Å². The van der Waals surface area contributed by atoms with Crippen molar-refractivity contribution in [2.24, 2.45) is 11.8 Å². The molecule has 0 radical (unpaired) electrons. The SMILES string of the molecule is CC(=O)c1cccc(NC(=O)[C@@H](CC(C)C)NC(=O)C2CCCCC2)c1. The maximum Gasteiger partial charge on any atom is 0.246 e. The highest BCUT2D eigenvalue weighted by Gasteiger charge is 2.27. The van der Waals surface area contributed by atoms with Gasteiger partial charge in [-0.05, 0) is 44.2 Å². The summed E-state index contributed by atoms with van der Waals surface area (Å²) < 4.78 is 0. The fourth-order valence-electron chi connectivity index (χ4n) is 3.40. The number of ketones is 1. The molecule has 5 heteroatoms. The second kappa shape index (κ2) is 9.51. The fourth-order valence-corrected chi connectivity index (χ4v) is 3.40. The van der Waals surface area contributed by atoms with Gasteiger partial charge in [0.25, 0.3) is 0 Å². The normalized spacial score (nSPS) is 16.2. The van der Waals surface area contributed by atoms with Gasteiger partial charge in [0, 0.05) is 17.2 Å². The molecule has 2 amide bonds. The summed E-state index contributed by atoms with van der Waals surface area (Å²) in [5.41, 5.74) is 1.12. The second-order valence-corrected chi connectivity index (χ2v) is 7.65. The first kappa shape index (κ1) is 20.1. The summed E-state index contributed by atoms with van der Waals surface area (Å²) >= 11 is 0.